The summed E-state index contributed by atoms with van der Waals surface area (Å²) < 4.78 is 0. The summed E-state index contributed by atoms with van der Waals surface area (Å²) in [6.45, 7) is 5.96. The van der Waals surface area contributed by atoms with Crippen LogP contribution in [0.3, 0.4) is 0 Å². The summed E-state index contributed by atoms with van der Waals surface area (Å²) in [5.41, 5.74) is 11.3. The van der Waals surface area contributed by atoms with Crippen LogP contribution >= 0.6 is 11.6 Å². The Kier molecular flexibility index (Phi) is 4.16. The van der Waals surface area contributed by atoms with Crippen molar-refractivity contribution in [2.75, 3.05) is 18.0 Å². The van der Waals surface area contributed by atoms with Crippen LogP contribution in [0.25, 0.3) is 0 Å². The number of hydrogen-bond donors (Lipinski definition) is 1. The summed E-state index contributed by atoms with van der Waals surface area (Å²) in [6, 6.07) is 14.9. The molecule has 0 spiro atoms. The highest BCUT2D eigenvalue weighted by Gasteiger charge is 2.26. The van der Waals surface area contributed by atoms with E-state index in [-0.39, 0.29) is 5.41 Å². The fourth-order valence-electron chi connectivity index (χ4n) is 3.05. The number of rotatable bonds is 3. The van der Waals surface area contributed by atoms with Crippen LogP contribution in [0.4, 0.5) is 11.4 Å². The average Bonchev–Trinajstić information content (AvgIpc) is 2.65. The molecule has 0 amide bonds. The van der Waals surface area contributed by atoms with E-state index >= 15 is 0 Å². The highest BCUT2D eigenvalue weighted by molar-refractivity contribution is 6.30. The van der Waals surface area contributed by atoms with Gasteiger partial charge in [-0.2, -0.15) is 0 Å². The molecule has 2 N–H and O–H groups in total. The minimum atomic E-state index is 0.0387. The topological polar surface area (TPSA) is 29.3 Å². The standard InChI is InChI=1S/C19H23ClN2/c1-19(2,12-21)13-22-17-6-4-3-5-14(17)7-8-15-9-10-16(20)11-18(15)22/h3-6,9-11H,7-8,12-13,21H2,1-2H3. The third-order valence-corrected chi connectivity index (χ3v) is 4.66. The van der Waals surface area contributed by atoms with E-state index in [1.54, 1.807) is 0 Å². The quantitative estimate of drug-likeness (QED) is 0.899. The van der Waals surface area contributed by atoms with Crippen molar-refractivity contribution in [2.45, 2.75) is 26.7 Å². The Morgan fingerprint density at radius 2 is 1.73 bits per heavy atom. The second-order valence-electron chi connectivity index (χ2n) is 6.86. The molecule has 22 heavy (non-hydrogen) atoms. The summed E-state index contributed by atoms with van der Waals surface area (Å²) in [4.78, 5) is 2.40. The number of nitrogens with two attached hydrogens (primary N) is 1. The van der Waals surface area contributed by atoms with E-state index in [4.69, 9.17) is 17.3 Å². The molecule has 0 atom stereocenters. The lowest BCUT2D eigenvalue weighted by molar-refractivity contribution is 0.390. The minimum absolute atomic E-state index is 0.0387. The molecule has 2 aromatic rings. The van der Waals surface area contributed by atoms with Gasteiger partial charge in [0, 0.05) is 22.9 Å². The number of anilines is 2. The van der Waals surface area contributed by atoms with Crippen LogP contribution in [0.1, 0.15) is 25.0 Å². The molecule has 3 rings (SSSR count). The van der Waals surface area contributed by atoms with Crippen LogP contribution in [-0.4, -0.2) is 13.1 Å². The largest absolute Gasteiger partial charge is 0.340 e. The number of nitrogens with zero attached hydrogens (tertiary/aromatic N) is 1. The molecule has 3 heteroatoms. The molecular weight excluding hydrogens is 292 g/mol. The van der Waals surface area contributed by atoms with Crippen LogP contribution in [0.5, 0.6) is 0 Å². The normalized spacial score (nSPS) is 14.3. The molecule has 0 aliphatic carbocycles. The van der Waals surface area contributed by atoms with Crippen LogP contribution in [0, 0.1) is 5.41 Å². The molecule has 2 aromatic carbocycles. The second-order valence-corrected chi connectivity index (χ2v) is 7.29. The van der Waals surface area contributed by atoms with Gasteiger partial charge in [-0.05, 0) is 54.1 Å². The predicted molar refractivity (Wildman–Crippen MR) is 95.1 cm³/mol. The molecule has 1 aliphatic heterocycles. The third kappa shape index (κ3) is 2.99. The van der Waals surface area contributed by atoms with Gasteiger partial charge in [0.2, 0.25) is 0 Å². The maximum Gasteiger partial charge on any atom is 0.0458 e. The molecule has 2 nitrogen and oxygen atoms in total. The Hall–Kier alpha value is -1.51. The molecule has 0 saturated carbocycles. The first-order valence-corrected chi connectivity index (χ1v) is 8.22. The van der Waals surface area contributed by atoms with E-state index in [1.165, 1.54) is 22.5 Å². The van der Waals surface area contributed by atoms with E-state index in [0.29, 0.717) is 6.54 Å². The van der Waals surface area contributed by atoms with Crippen molar-refractivity contribution in [3.05, 3.63) is 58.6 Å². The lowest BCUT2D eigenvalue weighted by Gasteiger charge is -2.34. The molecule has 1 heterocycles. The minimum Gasteiger partial charge on any atom is -0.340 e. The van der Waals surface area contributed by atoms with Crippen molar-refractivity contribution < 1.29 is 0 Å². The van der Waals surface area contributed by atoms with Crippen LogP contribution in [-0.2, 0) is 12.8 Å². The van der Waals surface area contributed by atoms with Gasteiger partial charge in [-0.15, -0.1) is 0 Å². The van der Waals surface area contributed by atoms with Crippen molar-refractivity contribution in [3.8, 4) is 0 Å². The smallest absolute Gasteiger partial charge is 0.0458 e. The maximum absolute atomic E-state index is 6.28. The van der Waals surface area contributed by atoms with Crippen molar-refractivity contribution in [1.82, 2.24) is 0 Å². The summed E-state index contributed by atoms with van der Waals surface area (Å²) in [6.07, 6.45) is 2.10. The molecule has 0 bridgehead atoms. The van der Waals surface area contributed by atoms with Crippen molar-refractivity contribution >= 4 is 23.0 Å². The van der Waals surface area contributed by atoms with E-state index < -0.39 is 0 Å². The molecular formula is C19H23ClN2. The van der Waals surface area contributed by atoms with Gasteiger partial charge in [0.15, 0.2) is 0 Å². The number of benzene rings is 2. The Labute approximate surface area is 137 Å². The van der Waals surface area contributed by atoms with Gasteiger partial charge in [0.25, 0.3) is 0 Å². The Morgan fingerprint density at radius 1 is 1.05 bits per heavy atom. The Balaban J connectivity index is 2.14. The molecule has 0 aromatic heterocycles. The van der Waals surface area contributed by atoms with E-state index in [0.717, 1.165) is 24.4 Å². The summed E-state index contributed by atoms with van der Waals surface area (Å²) in [5, 5.41) is 0.786. The SMILES string of the molecule is CC(C)(CN)CN1c2ccccc2CCc2ccc(Cl)cc21. The van der Waals surface area contributed by atoms with Crippen LogP contribution < -0.4 is 10.6 Å². The Bertz CT molecular complexity index is 679. The van der Waals surface area contributed by atoms with Gasteiger partial charge < -0.3 is 10.6 Å². The lowest BCUT2D eigenvalue weighted by Crippen LogP contribution is -2.36. The number of hydrogen-bond acceptors (Lipinski definition) is 2. The third-order valence-electron chi connectivity index (χ3n) is 4.42. The van der Waals surface area contributed by atoms with Crippen molar-refractivity contribution in [2.24, 2.45) is 11.1 Å². The summed E-state index contributed by atoms with van der Waals surface area (Å²) >= 11 is 6.28. The molecule has 0 saturated heterocycles. The molecule has 0 unspecified atom stereocenters. The number of para-hydroxylation sites is 1. The summed E-state index contributed by atoms with van der Waals surface area (Å²) in [5.74, 6) is 0. The van der Waals surface area contributed by atoms with Crippen LogP contribution in [0.15, 0.2) is 42.5 Å². The predicted octanol–water partition coefficient (Wildman–Crippen LogP) is 4.56. The monoisotopic (exact) mass is 314 g/mol. The van der Waals surface area contributed by atoms with Gasteiger partial charge in [-0.25, -0.2) is 0 Å². The van der Waals surface area contributed by atoms with Crippen LogP contribution in [0.2, 0.25) is 5.02 Å². The molecule has 116 valence electrons. The van der Waals surface area contributed by atoms with Gasteiger partial charge in [0.05, 0.1) is 0 Å². The van der Waals surface area contributed by atoms with Gasteiger partial charge >= 0.3 is 0 Å². The highest BCUT2D eigenvalue weighted by Crippen LogP contribution is 2.39. The first kappa shape index (κ1) is 15.4. The summed E-state index contributed by atoms with van der Waals surface area (Å²) in [7, 11) is 0. The zero-order chi connectivity index (χ0) is 15.7. The molecule has 0 fully saturated rings. The average molecular weight is 315 g/mol. The maximum atomic E-state index is 6.28. The molecule has 1 aliphatic rings. The van der Waals surface area contributed by atoms with Gasteiger partial charge in [-0.1, -0.05) is 49.7 Å². The highest BCUT2D eigenvalue weighted by atomic mass is 35.5. The zero-order valence-electron chi connectivity index (χ0n) is 13.3. The lowest BCUT2D eigenvalue weighted by atomic mass is 9.92. The molecule has 0 radical (unpaired) electrons. The fourth-order valence-corrected chi connectivity index (χ4v) is 3.21. The number of fused-ring (bicyclic) bond motifs is 2. The Morgan fingerprint density at radius 3 is 2.45 bits per heavy atom. The number of aryl methyl sites for hydroxylation is 2. The van der Waals surface area contributed by atoms with Crippen molar-refractivity contribution in [1.29, 1.82) is 0 Å². The number of halogens is 1. The van der Waals surface area contributed by atoms with E-state index in [1.807, 2.05) is 6.07 Å². The first-order valence-electron chi connectivity index (χ1n) is 7.84. The van der Waals surface area contributed by atoms with E-state index in [2.05, 4.69) is 55.1 Å². The zero-order valence-corrected chi connectivity index (χ0v) is 14.0. The van der Waals surface area contributed by atoms with Gasteiger partial charge in [0.1, 0.15) is 0 Å². The van der Waals surface area contributed by atoms with Crippen molar-refractivity contribution in [3.63, 3.8) is 0 Å². The second kappa shape index (κ2) is 5.94. The first-order chi connectivity index (χ1) is 10.5. The van der Waals surface area contributed by atoms with Gasteiger partial charge in [-0.3, -0.25) is 0 Å². The van der Waals surface area contributed by atoms with E-state index in [9.17, 15) is 0 Å². The fraction of sp³-hybridized carbons (Fsp3) is 0.368.